The van der Waals surface area contributed by atoms with Crippen LogP contribution in [0.25, 0.3) is 0 Å². The van der Waals surface area contributed by atoms with Gasteiger partial charge in [-0.15, -0.1) is 0 Å². The summed E-state index contributed by atoms with van der Waals surface area (Å²) in [6.45, 7) is 8.21. The van der Waals surface area contributed by atoms with Crippen molar-refractivity contribution in [1.82, 2.24) is 4.90 Å². The molecule has 112 valence electrons. The maximum Gasteiger partial charge on any atom is 0.255 e. The molecule has 5 heteroatoms. The van der Waals surface area contributed by atoms with Crippen LogP contribution in [0.2, 0.25) is 0 Å². The SMILES string of the molecule is CCCN(CC(C)(C)CN)C(=O)c1ccc(Br)cc1Br. The van der Waals surface area contributed by atoms with E-state index < -0.39 is 0 Å². The molecule has 0 aliphatic carbocycles. The largest absolute Gasteiger partial charge is 0.338 e. The molecular formula is C15H22Br2N2O. The molecule has 0 aliphatic heterocycles. The predicted molar refractivity (Wildman–Crippen MR) is 90.9 cm³/mol. The van der Waals surface area contributed by atoms with E-state index in [9.17, 15) is 4.79 Å². The van der Waals surface area contributed by atoms with Crippen LogP contribution in [-0.2, 0) is 0 Å². The third-order valence-corrected chi connectivity index (χ3v) is 4.26. The van der Waals surface area contributed by atoms with E-state index in [-0.39, 0.29) is 11.3 Å². The Hall–Kier alpha value is -0.390. The average Bonchev–Trinajstić information content (AvgIpc) is 2.37. The van der Waals surface area contributed by atoms with E-state index in [1.54, 1.807) is 0 Å². The van der Waals surface area contributed by atoms with Gasteiger partial charge in [0, 0.05) is 22.0 Å². The summed E-state index contributed by atoms with van der Waals surface area (Å²) in [5.41, 5.74) is 6.40. The summed E-state index contributed by atoms with van der Waals surface area (Å²) < 4.78 is 1.76. The standard InChI is InChI=1S/C15H22Br2N2O/c1-4-7-19(10-15(2,3)9-18)14(20)12-6-5-11(16)8-13(12)17/h5-6,8H,4,7,9-10,18H2,1-3H3. The summed E-state index contributed by atoms with van der Waals surface area (Å²) in [5.74, 6) is 0.0488. The number of amides is 1. The molecule has 0 unspecified atom stereocenters. The number of rotatable bonds is 6. The lowest BCUT2D eigenvalue weighted by atomic mass is 9.92. The Morgan fingerprint density at radius 1 is 1.35 bits per heavy atom. The number of nitrogens with zero attached hydrogens (tertiary/aromatic N) is 1. The molecular weight excluding hydrogens is 384 g/mol. The first-order chi connectivity index (χ1) is 9.30. The quantitative estimate of drug-likeness (QED) is 0.775. The first kappa shape index (κ1) is 17.7. The molecule has 0 heterocycles. The zero-order valence-corrected chi connectivity index (χ0v) is 15.4. The number of carbonyl (C=O) groups is 1. The number of halogens is 2. The minimum Gasteiger partial charge on any atom is -0.338 e. The van der Waals surface area contributed by atoms with E-state index in [2.05, 4.69) is 52.6 Å². The van der Waals surface area contributed by atoms with Crippen molar-refractivity contribution in [3.05, 3.63) is 32.7 Å². The van der Waals surface area contributed by atoms with Gasteiger partial charge < -0.3 is 10.6 Å². The van der Waals surface area contributed by atoms with Crippen LogP contribution in [0.15, 0.2) is 27.1 Å². The third-order valence-electron chi connectivity index (χ3n) is 3.11. The lowest BCUT2D eigenvalue weighted by molar-refractivity contribution is 0.0688. The summed E-state index contributed by atoms with van der Waals surface area (Å²) in [5, 5.41) is 0. The summed E-state index contributed by atoms with van der Waals surface area (Å²) in [6.07, 6.45) is 0.931. The van der Waals surface area contributed by atoms with Crippen LogP contribution in [0.1, 0.15) is 37.6 Å². The maximum absolute atomic E-state index is 12.7. The summed E-state index contributed by atoms with van der Waals surface area (Å²) in [6, 6.07) is 5.62. The van der Waals surface area contributed by atoms with Crippen LogP contribution >= 0.6 is 31.9 Å². The molecule has 0 fully saturated rings. The molecule has 3 nitrogen and oxygen atoms in total. The van der Waals surface area contributed by atoms with Gasteiger partial charge in [-0.3, -0.25) is 4.79 Å². The summed E-state index contributed by atoms with van der Waals surface area (Å²) in [4.78, 5) is 14.6. The van der Waals surface area contributed by atoms with Crippen molar-refractivity contribution in [3.63, 3.8) is 0 Å². The summed E-state index contributed by atoms with van der Waals surface area (Å²) >= 11 is 6.86. The van der Waals surface area contributed by atoms with E-state index in [1.165, 1.54) is 0 Å². The van der Waals surface area contributed by atoms with Gasteiger partial charge in [0.25, 0.3) is 5.91 Å². The zero-order valence-electron chi connectivity index (χ0n) is 12.2. The molecule has 0 spiro atoms. The molecule has 1 amide bonds. The van der Waals surface area contributed by atoms with Gasteiger partial charge in [-0.1, -0.05) is 36.7 Å². The number of nitrogens with two attached hydrogens (primary N) is 1. The molecule has 0 bridgehead atoms. The topological polar surface area (TPSA) is 46.3 Å². The first-order valence-electron chi connectivity index (χ1n) is 6.75. The molecule has 2 N–H and O–H groups in total. The van der Waals surface area contributed by atoms with Crippen molar-refractivity contribution in [1.29, 1.82) is 0 Å². The Morgan fingerprint density at radius 2 is 2.00 bits per heavy atom. The highest BCUT2D eigenvalue weighted by molar-refractivity contribution is 9.11. The molecule has 0 aliphatic rings. The van der Waals surface area contributed by atoms with Crippen molar-refractivity contribution >= 4 is 37.8 Å². The Morgan fingerprint density at radius 3 is 2.50 bits per heavy atom. The second-order valence-electron chi connectivity index (χ2n) is 5.72. The van der Waals surface area contributed by atoms with E-state index in [0.717, 1.165) is 21.9 Å². The van der Waals surface area contributed by atoms with Crippen LogP contribution in [0.3, 0.4) is 0 Å². The van der Waals surface area contributed by atoms with Crippen molar-refractivity contribution in [2.75, 3.05) is 19.6 Å². The highest BCUT2D eigenvalue weighted by Gasteiger charge is 2.25. The van der Waals surface area contributed by atoms with Crippen molar-refractivity contribution in [2.45, 2.75) is 27.2 Å². The van der Waals surface area contributed by atoms with E-state index >= 15 is 0 Å². The monoisotopic (exact) mass is 404 g/mol. The van der Waals surface area contributed by atoms with Gasteiger partial charge in [0.15, 0.2) is 0 Å². The van der Waals surface area contributed by atoms with Crippen LogP contribution in [0.4, 0.5) is 0 Å². The Balaban J connectivity index is 2.99. The second-order valence-corrected chi connectivity index (χ2v) is 7.49. The van der Waals surface area contributed by atoms with E-state index in [0.29, 0.717) is 18.7 Å². The maximum atomic E-state index is 12.7. The lowest BCUT2D eigenvalue weighted by Gasteiger charge is -2.32. The van der Waals surface area contributed by atoms with Gasteiger partial charge in [-0.05, 0) is 52.5 Å². The molecule has 0 aromatic heterocycles. The molecule has 0 atom stereocenters. The van der Waals surface area contributed by atoms with Gasteiger partial charge in [0.2, 0.25) is 0 Å². The van der Waals surface area contributed by atoms with Crippen LogP contribution in [0, 0.1) is 5.41 Å². The minimum atomic E-state index is -0.0767. The molecule has 1 rings (SSSR count). The van der Waals surface area contributed by atoms with Crippen LogP contribution in [0.5, 0.6) is 0 Å². The minimum absolute atomic E-state index is 0.0488. The Bertz CT molecular complexity index is 475. The fourth-order valence-electron chi connectivity index (χ4n) is 1.94. The van der Waals surface area contributed by atoms with E-state index in [1.807, 2.05) is 23.1 Å². The molecule has 20 heavy (non-hydrogen) atoms. The number of hydrogen-bond donors (Lipinski definition) is 1. The van der Waals surface area contributed by atoms with Gasteiger partial charge >= 0.3 is 0 Å². The Labute approximate surface area is 138 Å². The smallest absolute Gasteiger partial charge is 0.255 e. The third kappa shape index (κ3) is 4.86. The van der Waals surface area contributed by atoms with Gasteiger partial charge in [-0.2, -0.15) is 0 Å². The number of benzene rings is 1. The lowest BCUT2D eigenvalue weighted by Crippen LogP contribution is -2.42. The predicted octanol–water partition coefficient (Wildman–Crippen LogP) is 4.05. The van der Waals surface area contributed by atoms with Crippen molar-refractivity contribution in [3.8, 4) is 0 Å². The Kier molecular flexibility index (Phi) is 6.69. The average molecular weight is 406 g/mol. The van der Waals surface area contributed by atoms with Gasteiger partial charge in [-0.25, -0.2) is 0 Å². The van der Waals surface area contributed by atoms with Crippen molar-refractivity contribution < 1.29 is 4.79 Å². The van der Waals surface area contributed by atoms with Gasteiger partial charge in [0.05, 0.1) is 5.56 Å². The summed E-state index contributed by atoms with van der Waals surface area (Å²) in [7, 11) is 0. The fraction of sp³-hybridized carbons (Fsp3) is 0.533. The highest BCUT2D eigenvalue weighted by Crippen LogP contribution is 2.25. The number of carbonyl (C=O) groups excluding carboxylic acids is 1. The molecule has 1 aromatic rings. The first-order valence-corrected chi connectivity index (χ1v) is 8.33. The van der Waals surface area contributed by atoms with Crippen molar-refractivity contribution in [2.24, 2.45) is 11.1 Å². The fourth-order valence-corrected chi connectivity index (χ4v) is 3.15. The van der Waals surface area contributed by atoms with Crippen LogP contribution < -0.4 is 5.73 Å². The van der Waals surface area contributed by atoms with E-state index in [4.69, 9.17) is 5.73 Å². The number of hydrogen-bond acceptors (Lipinski definition) is 2. The normalized spacial score (nSPS) is 11.5. The second kappa shape index (κ2) is 7.57. The molecule has 0 saturated heterocycles. The zero-order chi connectivity index (χ0) is 15.3. The molecule has 0 radical (unpaired) electrons. The molecule has 1 aromatic carbocycles. The van der Waals surface area contributed by atoms with Crippen LogP contribution in [-0.4, -0.2) is 30.4 Å². The molecule has 0 saturated carbocycles. The highest BCUT2D eigenvalue weighted by atomic mass is 79.9. The van der Waals surface area contributed by atoms with Gasteiger partial charge in [0.1, 0.15) is 0 Å².